The van der Waals surface area contributed by atoms with E-state index in [-0.39, 0.29) is 11.9 Å². The van der Waals surface area contributed by atoms with E-state index in [2.05, 4.69) is 21.8 Å². The molecule has 1 fully saturated rings. The first kappa shape index (κ1) is 19.6. The number of hydrogen-bond acceptors (Lipinski definition) is 5. The van der Waals surface area contributed by atoms with Crippen molar-refractivity contribution in [3.8, 4) is 17.6 Å². The molecule has 2 aromatic heterocycles. The second-order valence-electron chi connectivity index (χ2n) is 7.82. The molecule has 2 heterocycles. The van der Waals surface area contributed by atoms with Gasteiger partial charge in [0.2, 0.25) is 0 Å². The number of aryl methyl sites for hydroxylation is 1. The molecule has 0 bridgehead atoms. The molecule has 1 amide bonds. The largest absolute Gasteiger partial charge is 0.457 e. The number of carbonyl (C=O) groups is 1. The number of nitrogens with zero attached hydrogens (tertiary/aromatic N) is 3. The monoisotopic (exact) mass is 423 g/mol. The van der Waals surface area contributed by atoms with Crippen molar-refractivity contribution in [1.29, 1.82) is 5.26 Å². The summed E-state index contributed by atoms with van der Waals surface area (Å²) in [4.78, 5) is 12.6. The maximum absolute atomic E-state index is 12.6. The number of nitriles is 1. The quantitative estimate of drug-likeness (QED) is 0.458. The summed E-state index contributed by atoms with van der Waals surface area (Å²) in [6, 6.07) is 19.5. The summed E-state index contributed by atoms with van der Waals surface area (Å²) in [6.45, 7) is 1.88. The van der Waals surface area contributed by atoms with Gasteiger partial charge in [0.15, 0.2) is 0 Å². The van der Waals surface area contributed by atoms with Gasteiger partial charge < -0.3 is 15.4 Å². The van der Waals surface area contributed by atoms with Crippen LogP contribution in [0.15, 0.2) is 67.0 Å². The van der Waals surface area contributed by atoms with Crippen LogP contribution in [0.25, 0.3) is 5.52 Å². The van der Waals surface area contributed by atoms with Crippen LogP contribution in [-0.2, 0) is 0 Å². The Bertz CT molecular complexity index is 1330. The number of aromatic nitrogens is 2. The van der Waals surface area contributed by atoms with Gasteiger partial charge in [0.1, 0.15) is 17.6 Å². The fraction of sp³-hybridized carbons (Fsp3) is 0.160. The van der Waals surface area contributed by atoms with Crippen LogP contribution in [0.3, 0.4) is 0 Å². The van der Waals surface area contributed by atoms with Crippen molar-refractivity contribution in [2.75, 3.05) is 5.32 Å². The standard InChI is InChI=1S/C25H21N5O2/c1-16-22(25(31)29-19-7-8-19)15-30-24(16)23(17(13-26)14-27-30)28-18-9-11-21(12-10-18)32-20-5-3-2-4-6-20/h2-6,9-12,14-15,19,28H,7-8H2,1H3,(H,29,31). The van der Waals surface area contributed by atoms with Crippen LogP contribution in [0.5, 0.6) is 11.5 Å². The number of hydrogen-bond donors (Lipinski definition) is 2. The first-order valence-corrected chi connectivity index (χ1v) is 10.4. The van der Waals surface area contributed by atoms with Gasteiger partial charge in [-0.05, 0) is 61.7 Å². The predicted octanol–water partition coefficient (Wildman–Crippen LogP) is 4.94. The van der Waals surface area contributed by atoms with Crippen molar-refractivity contribution in [3.63, 3.8) is 0 Å². The van der Waals surface area contributed by atoms with Gasteiger partial charge in [0.05, 0.1) is 28.5 Å². The number of para-hydroxylation sites is 1. The molecule has 4 aromatic rings. The number of fused-ring (bicyclic) bond motifs is 1. The number of benzene rings is 2. The molecule has 0 spiro atoms. The first-order chi connectivity index (χ1) is 15.6. The Morgan fingerprint density at radius 1 is 1.12 bits per heavy atom. The molecule has 0 radical (unpaired) electrons. The lowest BCUT2D eigenvalue weighted by Gasteiger charge is -2.12. The van der Waals surface area contributed by atoms with Crippen LogP contribution >= 0.6 is 0 Å². The molecule has 0 saturated heterocycles. The summed E-state index contributed by atoms with van der Waals surface area (Å²) in [7, 11) is 0. The Kier molecular flexibility index (Phi) is 4.96. The van der Waals surface area contributed by atoms with Crippen LogP contribution in [0.4, 0.5) is 11.4 Å². The molecule has 7 nitrogen and oxygen atoms in total. The Morgan fingerprint density at radius 3 is 2.53 bits per heavy atom. The van der Waals surface area contributed by atoms with E-state index in [0.717, 1.165) is 29.8 Å². The Hall–Kier alpha value is -4.31. The smallest absolute Gasteiger partial charge is 0.253 e. The van der Waals surface area contributed by atoms with Crippen LogP contribution in [0.1, 0.15) is 34.3 Å². The molecule has 1 saturated carbocycles. The van der Waals surface area contributed by atoms with Crippen molar-refractivity contribution in [2.45, 2.75) is 25.8 Å². The van der Waals surface area contributed by atoms with Crippen LogP contribution in [0.2, 0.25) is 0 Å². The van der Waals surface area contributed by atoms with E-state index >= 15 is 0 Å². The van der Waals surface area contributed by atoms with Gasteiger partial charge in [0, 0.05) is 17.9 Å². The van der Waals surface area contributed by atoms with Gasteiger partial charge in [0.25, 0.3) is 5.91 Å². The van der Waals surface area contributed by atoms with Crippen LogP contribution in [-0.4, -0.2) is 21.6 Å². The van der Waals surface area contributed by atoms with Gasteiger partial charge >= 0.3 is 0 Å². The highest BCUT2D eigenvalue weighted by Crippen LogP contribution is 2.31. The third-order valence-corrected chi connectivity index (χ3v) is 5.44. The SMILES string of the molecule is Cc1c(C(=O)NC2CC2)cn2ncc(C#N)c(Nc3ccc(Oc4ccccc4)cc3)c12. The maximum Gasteiger partial charge on any atom is 0.253 e. The number of amides is 1. The van der Waals surface area contributed by atoms with Crippen molar-refractivity contribution in [3.05, 3.63) is 83.7 Å². The van der Waals surface area contributed by atoms with E-state index in [0.29, 0.717) is 28.1 Å². The average molecular weight is 423 g/mol. The molecule has 7 heteroatoms. The zero-order chi connectivity index (χ0) is 22.1. The lowest BCUT2D eigenvalue weighted by molar-refractivity contribution is 0.0950. The predicted molar refractivity (Wildman–Crippen MR) is 121 cm³/mol. The second-order valence-corrected chi connectivity index (χ2v) is 7.82. The highest BCUT2D eigenvalue weighted by Gasteiger charge is 2.26. The van der Waals surface area contributed by atoms with E-state index < -0.39 is 0 Å². The van der Waals surface area contributed by atoms with Crippen molar-refractivity contribution in [2.24, 2.45) is 0 Å². The zero-order valence-electron chi connectivity index (χ0n) is 17.5. The lowest BCUT2D eigenvalue weighted by Crippen LogP contribution is -2.25. The van der Waals surface area contributed by atoms with E-state index in [4.69, 9.17) is 4.74 Å². The Balaban J connectivity index is 1.45. The zero-order valence-corrected chi connectivity index (χ0v) is 17.5. The molecular weight excluding hydrogens is 402 g/mol. The minimum absolute atomic E-state index is 0.109. The van der Waals surface area contributed by atoms with Gasteiger partial charge in [-0.25, -0.2) is 4.52 Å². The number of anilines is 2. The summed E-state index contributed by atoms with van der Waals surface area (Å²) >= 11 is 0. The minimum Gasteiger partial charge on any atom is -0.457 e. The highest BCUT2D eigenvalue weighted by atomic mass is 16.5. The van der Waals surface area contributed by atoms with Crippen molar-refractivity contribution in [1.82, 2.24) is 14.9 Å². The number of ether oxygens (including phenoxy) is 1. The third-order valence-electron chi connectivity index (χ3n) is 5.44. The van der Waals surface area contributed by atoms with Gasteiger partial charge in [-0.15, -0.1) is 0 Å². The molecule has 0 atom stereocenters. The molecule has 2 aromatic carbocycles. The molecule has 2 N–H and O–H groups in total. The Labute approximate surface area is 185 Å². The topological polar surface area (TPSA) is 91.5 Å². The highest BCUT2D eigenvalue weighted by molar-refractivity contribution is 6.00. The van der Waals surface area contributed by atoms with Crippen molar-refractivity contribution < 1.29 is 9.53 Å². The fourth-order valence-electron chi connectivity index (χ4n) is 3.59. The first-order valence-electron chi connectivity index (χ1n) is 10.4. The summed E-state index contributed by atoms with van der Waals surface area (Å²) in [5, 5.41) is 20.3. The normalized spacial score (nSPS) is 12.9. The summed E-state index contributed by atoms with van der Waals surface area (Å²) in [5.74, 6) is 1.36. The van der Waals surface area contributed by atoms with E-state index in [9.17, 15) is 10.1 Å². The lowest BCUT2D eigenvalue weighted by atomic mass is 10.1. The molecular formula is C25H21N5O2. The average Bonchev–Trinajstić information content (AvgIpc) is 3.56. The van der Waals surface area contributed by atoms with E-state index in [1.54, 1.807) is 10.7 Å². The maximum atomic E-state index is 12.6. The number of rotatable bonds is 6. The Morgan fingerprint density at radius 2 is 1.84 bits per heavy atom. The number of nitrogens with one attached hydrogen (secondary N) is 2. The molecule has 0 unspecified atom stereocenters. The van der Waals surface area contributed by atoms with Gasteiger partial charge in [-0.3, -0.25) is 4.79 Å². The molecule has 158 valence electrons. The van der Waals surface area contributed by atoms with Crippen LogP contribution < -0.4 is 15.4 Å². The number of carbonyl (C=O) groups excluding carboxylic acids is 1. The van der Waals surface area contributed by atoms with Gasteiger partial charge in [-0.1, -0.05) is 18.2 Å². The fourth-order valence-corrected chi connectivity index (χ4v) is 3.59. The van der Waals surface area contributed by atoms with Crippen LogP contribution in [0, 0.1) is 18.3 Å². The molecule has 0 aliphatic heterocycles. The molecule has 32 heavy (non-hydrogen) atoms. The van der Waals surface area contributed by atoms with E-state index in [1.165, 1.54) is 6.20 Å². The molecule has 5 rings (SSSR count). The van der Waals surface area contributed by atoms with Gasteiger partial charge in [-0.2, -0.15) is 10.4 Å². The second kappa shape index (κ2) is 8.08. The van der Waals surface area contributed by atoms with E-state index in [1.807, 2.05) is 61.5 Å². The summed E-state index contributed by atoms with van der Waals surface area (Å²) in [5.41, 5.74) is 3.85. The van der Waals surface area contributed by atoms with Crippen molar-refractivity contribution >= 4 is 22.8 Å². The summed E-state index contributed by atoms with van der Waals surface area (Å²) in [6.07, 6.45) is 5.26. The third kappa shape index (κ3) is 3.86. The minimum atomic E-state index is -0.109. The molecule has 1 aliphatic rings. The molecule has 1 aliphatic carbocycles. The summed E-state index contributed by atoms with van der Waals surface area (Å²) < 4.78 is 7.49.